The van der Waals surface area contributed by atoms with Gasteiger partial charge in [-0.2, -0.15) is 0 Å². The fourth-order valence-electron chi connectivity index (χ4n) is 4.37. The second kappa shape index (κ2) is 6.95. The number of nitrogens with two attached hydrogens (primary N) is 1. The molecule has 1 aromatic carbocycles. The summed E-state index contributed by atoms with van der Waals surface area (Å²) in [5.41, 5.74) is 6.51. The SMILES string of the molecule is CCc1cnc(C(N)=O)c(C23CC(NC(=O)COc4ccc(Cl)c(F)c4)(C2)C3)n1. The van der Waals surface area contributed by atoms with Gasteiger partial charge in [0.05, 0.1) is 16.4 Å². The van der Waals surface area contributed by atoms with E-state index in [0.29, 0.717) is 31.4 Å². The third kappa shape index (κ3) is 3.42. The Morgan fingerprint density at radius 3 is 2.69 bits per heavy atom. The molecule has 0 aliphatic heterocycles. The van der Waals surface area contributed by atoms with E-state index in [1.807, 2.05) is 6.92 Å². The summed E-state index contributed by atoms with van der Waals surface area (Å²) in [7, 11) is 0. The lowest BCUT2D eigenvalue weighted by Gasteiger charge is -2.70. The maximum Gasteiger partial charge on any atom is 0.269 e. The Balaban J connectivity index is 1.37. The molecule has 3 aliphatic rings. The first-order chi connectivity index (χ1) is 13.8. The first-order valence-corrected chi connectivity index (χ1v) is 9.69. The van der Waals surface area contributed by atoms with Crippen molar-refractivity contribution in [2.75, 3.05) is 6.61 Å². The molecule has 0 unspecified atom stereocenters. The lowest BCUT2D eigenvalue weighted by Crippen LogP contribution is -2.77. The van der Waals surface area contributed by atoms with Gasteiger partial charge in [0.1, 0.15) is 17.3 Å². The molecular formula is C20H20ClFN4O3. The summed E-state index contributed by atoms with van der Waals surface area (Å²) in [5, 5.41) is 2.97. The van der Waals surface area contributed by atoms with E-state index in [2.05, 4.69) is 15.3 Å². The minimum absolute atomic E-state index is 0.00784. The summed E-state index contributed by atoms with van der Waals surface area (Å²) in [4.78, 5) is 32.8. The predicted octanol–water partition coefficient (Wildman–Crippen LogP) is 2.30. The maximum absolute atomic E-state index is 13.4. The summed E-state index contributed by atoms with van der Waals surface area (Å²) in [6.45, 7) is 1.74. The first kappa shape index (κ1) is 19.6. The van der Waals surface area contributed by atoms with E-state index in [4.69, 9.17) is 22.1 Å². The summed E-state index contributed by atoms with van der Waals surface area (Å²) >= 11 is 5.63. The van der Waals surface area contributed by atoms with Crippen molar-refractivity contribution in [1.29, 1.82) is 0 Å². The smallest absolute Gasteiger partial charge is 0.269 e. The largest absolute Gasteiger partial charge is 0.484 e. The monoisotopic (exact) mass is 418 g/mol. The highest BCUT2D eigenvalue weighted by molar-refractivity contribution is 6.30. The Kier molecular flexibility index (Phi) is 4.69. The van der Waals surface area contributed by atoms with Gasteiger partial charge in [-0.25, -0.2) is 9.37 Å². The number of aryl methyl sites for hydroxylation is 1. The van der Waals surface area contributed by atoms with E-state index in [9.17, 15) is 14.0 Å². The van der Waals surface area contributed by atoms with Crippen LogP contribution in [0.3, 0.4) is 0 Å². The predicted molar refractivity (Wildman–Crippen MR) is 103 cm³/mol. The van der Waals surface area contributed by atoms with Crippen LogP contribution in [0.4, 0.5) is 4.39 Å². The Labute approximate surface area is 171 Å². The molecule has 0 atom stereocenters. The van der Waals surface area contributed by atoms with Crippen LogP contribution >= 0.6 is 11.6 Å². The van der Waals surface area contributed by atoms with Gasteiger partial charge in [-0.15, -0.1) is 0 Å². The van der Waals surface area contributed by atoms with Crippen molar-refractivity contribution in [2.24, 2.45) is 5.73 Å². The highest BCUT2D eigenvalue weighted by atomic mass is 35.5. The molecule has 3 aliphatic carbocycles. The van der Waals surface area contributed by atoms with Gasteiger partial charge in [-0.3, -0.25) is 14.6 Å². The third-order valence-corrected chi connectivity index (χ3v) is 5.92. The quantitative estimate of drug-likeness (QED) is 0.717. The van der Waals surface area contributed by atoms with Crippen LogP contribution in [-0.2, 0) is 16.6 Å². The number of carbonyl (C=O) groups excluding carboxylic acids is 2. The van der Waals surface area contributed by atoms with Gasteiger partial charge < -0.3 is 15.8 Å². The van der Waals surface area contributed by atoms with Gasteiger partial charge in [0.25, 0.3) is 11.8 Å². The fraction of sp³-hybridized carbons (Fsp3) is 0.400. The van der Waals surface area contributed by atoms with Gasteiger partial charge in [-0.05, 0) is 37.8 Å². The Hall–Kier alpha value is -2.74. The fourth-order valence-corrected chi connectivity index (χ4v) is 4.48. The third-order valence-electron chi connectivity index (χ3n) is 5.62. The number of aromatic nitrogens is 2. The summed E-state index contributed by atoms with van der Waals surface area (Å²) in [6, 6.07) is 4.01. The minimum atomic E-state index is -0.605. The van der Waals surface area contributed by atoms with Gasteiger partial charge >= 0.3 is 0 Å². The number of carbonyl (C=O) groups is 2. The number of nitrogens with zero attached hydrogens (tertiary/aromatic N) is 2. The molecule has 3 fully saturated rings. The lowest BCUT2D eigenvalue weighted by atomic mass is 9.38. The van der Waals surface area contributed by atoms with Crippen molar-refractivity contribution in [3.05, 3.63) is 52.3 Å². The van der Waals surface area contributed by atoms with Crippen molar-refractivity contribution in [3.63, 3.8) is 0 Å². The molecule has 5 rings (SSSR count). The van der Waals surface area contributed by atoms with E-state index >= 15 is 0 Å². The molecule has 0 radical (unpaired) electrons. The average Bonchev–Trinajstić information content (AvgIpc) is 2.63. The van der Waals surface area contributed by atoms with Gasteiger partial charge in [0, 0.05) is 23.2 Å². The van der Waals surface area contributed by atoms with Crippen LogP contribution in [0, 0.1) is 5.82 Å². The number of hydrogen-bond donors (Lipinski definition) is 2. The molecule has 2 bridgehead atoms. The Morgan fingerprint density at radius 1 is 1.34 bits per heavy atom. The molecule has 2 aromatic rings. The zero-order chi connectivity index (χ0) is 20.8. The number of ether oxygens (including phenoxy) is 1. The van der Waals surface area contributed by atoms with E-state index in [1.54, 1.807) is 6.20 Å². The zero-order valence-corrected chi connectivity index (χ0v) is 16.6. The van der Waals surface area contributed by atoms with E-state index in [1.165, 1.54) is 12.1 Å². The molecule has 7 nitrogen and oxygen atoms in total. The number of benzene rings is 1. The maximum atomic E-state index is 13.4. The van der Waals surface area contributed by atoms with E-state index < -0.39 is 11.7 Å². The molecular weight excluding hydrogens is 399 g/mol. The van der Waals surface area contributed by atoms with E-state index in [-0.39, 0.29) is 39.9 Å². The number of hydrogen-bond acceptors (Lipinski definition) is 5. The van der Waals surface area contributed by atoms with Gasteiger partial charge in [-0.1, -0.05) is 18.5 Å². The van der Waals surface area contributed by atoms with Crippen LogP contribution in [0.15, 0.2) is 24.4 Å². The Morgan fingerprint density at radius 2 is 2.07 bits per heavy atom. The number of halogens is 2. The number of primary amides is 1. The molecule has 1 aromatic heterocycles. The van der Waals surface area contributed by atoms with Crippen LogP contribution in [0.25, 0.3) is 0 Å². The lowest BCUT2D eigenvalue weighted by molar-refractivity contribution is -0.140. The molecule has 3 saturated carbocycles. The van der Waals surface area contributed by atoms with Crippen LogP contribution in [0.2, 0.25) is 5.02 Å². The number of nitrogens with one attached hydrogen (secondary N) is 1. The summed E-state index contributed by atoms with van der Waals surface area (Å²) < 4.78 is 18.8. The Bertz CT molecular complexity index is 993. The molecule has 0 spiro atoms. The van der Waals surface area contributed by atoms with Crippen LogP contribution in [-0.4, -0.2) is 33.9 Å². The molecule has 2 amide bonds. The summed E-state index contributed by atoms with van der Waals surface area (Å²) in [5.74, 6) is -1.26. The average molecular weight is 419 g/mol. The molecule has 152 valence electrons. The number of amides is 2. The molecule has 3 N–H and O–H groups in total. The van der Waals surface area contributed by atoms with Gasteiger partial charge in [0.15, 0.2) is 6.61 Å². The van der Waals surface area contributed by atoms with Crippen molar-refractivity contribution in [2.45, 2.75) is 43.6 Å². The van der Waals surface area contributed by atoms with Crippen molar-refractivity contribution >= 4 is 23.4 Å². The second-order valence-corrected chi connectivity index (χ2v) is 8.19. The van der Waals surface area contributed by atoms with Crippen molar-refractivity contribution < 1.29 is 18.7 Å². The molecule has 0 saturated heterocycles. The highest BCUT2D eigenvalue weighted by Crippen LogP contribution is 2.67. The minimum Gasteiger partial charge on any atom is -0.484 e. The van der Waals surface area contributed by atoms with Crippen LogP contribution < -0.4 is 15.8 Å². The van der Waals surface area contributed by atoms with Crippen LogP contribution in [0.1, 0.15) is 48.1 Å². The summed E-state index contributed by atoms with van der Waals surface area (Å²) in [6.07, 6.45) is 4.29. The highest BCUT2D eigenvalue weighted by Gasteiger charge is 2.70. The molecule has 1 heterocycles. The zero-order valence-electron chi connectivity index (χ0n) is 15.8. The van der Waals surface area contributed by atoms with Crippen molar-refractivity contribution in [1.82, 2.24) is 15.3 Å². The molecule has 9 heteroatoms. The first-order valence-electron chi connectivity index (χ1n) is 9.31. The topological polar surface area (TPSA) is 107 Å². The number of rotatable bonds is 7. The van der Waals surface area contributed by atoms with Crippen molar-refractivity contribution in [3.8, 4) is 5.75 Å². The van der Waals surface area contributed by atoms with Gasteiger partial charge in [0.2, 0.25) is 0 Å². The molecule has 29 heavy (non-hydrogen) atoms. The van der Waals surface area contributed by atoms with Crippen LogP contribution in [0.5, 0.6) is 5.75 Å². The van der Waals surface area contributed by atoms with E-state index in [0.717, 1.165) is 11.8 Å². The normalized spacial score (nSPS) is 24.2. The second-order valence-electron chi connectivity index (χ2n) is 7.78. The standard InChI is InChI=1S/C20H20ClFN4O3/c1-2-11-6-24-16(18(23)28)17(25-11)19-8-20(9-19,10-19)26-15(27)7-29-12-3-4-13(21)14(22)5-12/h3-6H,2,7-10H2,1H3,(H2,23,28)(H,26,27).